The summed E-state index contributed by atoms with van der Waals surface area (Å²) in [5.41, 5.74) is 0.0316. The van der Waals surface area contributed by atoms with Crippen molar-refractivity contribution in [1.29, 1.82) is 0 Å². The Hall–Kier alpha value is -1.69. The van der Waals surface area contributed by atoms with Crippen LogP contribution >= 0.6 is 11.8 Å². The van der Waals surface area contributed by atoms with Crippen LogP contribution in [0, 0.1) is 0 Å². The summed E-state index contributed by atoms with van der Waals surface area (Å²) < 4.78 is 10.2. The van der Waals surface area contributed by atoms with Crippen molar-refractivity contribution in [2.24, 2.45) is 0 Å². The van der Waals surface area contributed by atoms with Crippen LogP contribution in [0.3, 0.4) is 0 Å². The van der Waals surface area contributed by atoms with Gasteiger partial charge in [-0.05, 0) is 57.9 Å². The highest BCUT2D eigenvalue weighted by Crippen LogP contribution is 2.34. The van der Waals surface area contributed by atoms with Crippen molar-refractivity contribution < 1.29 is 19.1 Å². The lowest BCUT2D eigenvalue weighted by Crippen LogP contribution is -2.38. The van der Waals surface area contributed by atoms with Crippen molar-refractivity contribution in [3.05, 3.63) is 29.8 Å². The van der Waals surface area contributed by atoms with Crippen LogP contribution in [-0.4, -0.2) is 41.6 Å². The minimum Gasteiger partial charge on any atom is -0.465 e. The number of hydrogen-bond donors (Lipinski definition) is 0. The Morgan fingerprint density at radius 3 is 2.43 bits per heavy atom. The zero-order valence-electron chi connectivity index (χ0n) is 14.0. The number of rotatable bonds is 3. The molecule has 1 atom stereocenters. The number of methoxy groups -OCH3 is 1. The van der Waals surface area contributed by atoms with Crippen LogP contribution in [0.5, 0.6) is 0 Å². The molecule has 0 aromatic heterocycles. The van der Waals surface area contributed by atoms with E-state index in [4.69, 9.17) is 4.74 Å². The third-order valence-electron chi connectivity index (χ3n) is 3.37. The lowest BCUT2D eigenvalue weighted by Gasteiger charge is -2.28. The highest BCUT2D eigenvalue weighted by Gasteiger charge is 2.32. The molecule has 1 fully saturated rings. The third-order valence-corrected chi connectivity index (χ3v) is 4.68. The van der Waals surface area contributed by atoms with E-state index in [0.29, 0.717) is 12.1 Å². The second kappa shape index (κ2) is 7.25. The molecule has 0 radical (unpaired) electrons. The van der Waals surface area contributed by atoms with Gasteiger partial charge >= 0.3 is 12.1 Å². The third kappa shape index (κ3) is 4.89. The molecule has 1 heterocycles. The quantitative estimate of drug-likeness (QED) is 0.782. The Morgan fingerprint density at radius 1 is 1.22 bits per heavy atom. The number of ether oxygens (including phenoxy) is 2. The minimum absolute atomic E-state index is 0.0637. The Kier molecular flexibility index (Phi) is 5.57. The topological polar surface area (TPSA) is 55.8 Å². The molecule has 1 saturated heterocycles. The molecule has 0 aliphatic carbocycles. The van der Waals surface area contributed by atoms with Gasteiger partial charge in [-0.25, -0.2) is 9.59 Å². The van der Waals surface area contributed by atoms with E-state index in [9.17, 15) is 9.59 Å². The first-order valence-corrected chi connectivity index (χ1v) is 8.53. The normalized spacial score (nSPS) is 17.9. The molecule has 1 aromatic rings. The molecule has 5 nitrogen and oxygen atoms in total. The van der Waals surface area contributed by atoms with Gasteiger partial charge in [-0.1, -0.05) is 0 Å². The molecule has 1 aliphatic rings. The van der Waals surface area contributed by atoms with Crippen molar-refractivity contribution in [1.82, 2.24) is 4.90 Å². The number of carbonyl (C=O) groups is 2. The lowest BCUT2D eigenvalue weighted by molar-refractivity contribution is 0.0277. The fourth-order valence-electron chi connectivity index (χ4n) is 2.33. The molecule has 6 heteroatoms. The fourth-order valence-corrected chi connectivity index (χ4v) is 3.54. The molecule has 0 spiro atoms. The van der Waals surface area contributed by atoms with Crippen molar-refractivity contribution in [3.8, 4) is 0 Å². The van der Waals surface area contributed by atoms with E-state index in [1.807, 2.05) is 32.9 Å². The summed E-state index contributed by atoms with van der Waals surface area (Å²) in [5, 5.41) is 0.0637. The smallest absolute Gasteiger partial charge is 0.411 e. The van der Waals surface area contributed by atoms with Gasteiger partial charge in [-0.15, -0.1) is 11.8 Å². The van der Waals surface area contributed by atoms with Gasteiger partial charge in [0.1, 0.15) is 5.60 Å². The predicted molar refractivity (Wildman–Crippen MR) is 89.6 cm³/mol. The number of esters is 1. The van der Waals surface area contributed by atoms with Crippen LogP contribution < -0.4 is 0 Å². The summed E-state index contributed by atoms with van der Waals surface area (Å²) in [7, 11) is 1.36. The summed E-state index contributed by atoms with van der Waals surface area (Å²) in [6.07, 6.45) is 1.64. The Labute approximate surface area is 141 Å². The molecule has 2 rings (SSSR count). The second-order valence-corrected chi connectivity index (χ2v) is 7.66. The zero-order valence-corrected chi connectivity index (χ0v) is 14.8. The SMILES string of the molecule is COC(=O)c1ccc(SC2CCCN2C(=O)OC(C)(C)C)cc1. The van der Waals surface area contributed by atoms with Crippen LogP contribution in [0.2, 0.25) is 0 Å². The van der Waals surface area contributed by atoms with E-state index >= 15 is 0 Å². The van der Waals surface area contributed by atoms with Crippen LogP contribution in [0.25, 0.3) is 0 Å². The summed E-state index contributed by atoms with van der Waals surface area (Å²) >= 11 is 1.61. The van der Waals surface area contributed by atoms with Gasteiger partial charge in [-0.2, -0.15) is 0 Å². The predicted octanol–water partition coefficient (Wildman–Crippen LogP) is 3.92. The van der Waals surface area contributed by atoms with Gasteiger partial charge in [0.2, 0.25) is 0 Å². The van der Waals surface area contributed by atoms with Gasteiger partial charge in [0.05, 0.1) is 18.0 Å². The second-order valence-electron chi connectivity index (χ2n) is 6.40. The molecular formula is C17H23NO4S. The number of hydrogen-bond acceptors (Lipinski definition) is 5. The molecule has 1 unspecified atom stereocenters. The Balaban J connectivity index is 2.01. The number of nitrogens with zero attached hydrogens (tertiary/aromatic N) is 1. The first kappa shape index (κ1) is 17.7. The van der Waals surface area contributed by atoms with Gasteiger partial charge in [0, 0.05) is 11.4 Å². The standard InChI is InChI=1S/C17H23NO4S/c1-17(2,3)22-16(20)18-11-5-6-14(18)23-13-9-7-12(8-10-13)15(19)21-4/h7-10,14H,5-6,11H2,1-4H3. The highest BCUT2D eigenvalue weighted by molar-refractivity contribution is 7.99. The molecule has 1 aromatic carbocycles. The van der Waals surface area contributed by atoms with Gasteiger partial charge in [-0.3, -0.25) is 4.90 Å². The number of amides is 1. The summed E-state index contributed by atoms with van der Waals surface area (Å²) in [6.45, 7) is 6.32. The number of carbonyl (C=O) groups excluding carboxylic acids is 2. The van der Waals surface area contributed by atoms with Crippen LogP contribution in [-0.2, 0) is 9.47 Å². The van der Waals surface area contributed by atoms with E-state index < -0.39 is 5.60 Å². The van der Waals surface area contributed by atoms with Crippen molar-refractivity contribution in [2.75, 3.05) is 13.7 Å². The van der Waals surface area contributed by atoms with Gasteiger partial charge in [0.15, 0.2) is 0 Å². The summed E-state index contributed by atoms with van der Waals surface area (Å²) in [6, 6.07) is 7.23. The van der Waals surface area contributed by atoms with E-state index in [-0.39, 0.29) is 17.4 Å². The maximum Gasteiger partial charge on any atom is 0.411 e. The average molecular weight is 337 g/mol. The van der Waals surface area contributed by atoms with Crippen LogP contribution in [0.15, 0.2) is 29.2 Å². The van der Waals surface area contributed by atoms with Crippen LogP contribution in [0.4, 0.5) is 4.79 Å². The summed E-state index contributed by atoms with van der Waals surface area (Å²) in [5.74, 6) is -0.349. The highest BCUT2D eigenvalue weighted by atomic mass is 32.2. The maximum atomic E-state index is 12.3. The number of likely N-dealkylation sites (tertiary alicyclic amines) is 1. The molecule has 23 heavy (non-hydrogen) atoms. The van der Waals surface area contributed by atoms with Crippen LogP contribution in [0.1, 0.15) is 44.0 Å². The number of benzene rings is 1. The van der Waals surface area contributed by atoms with E-state index in [1.54, 1.807) is 28.8 Å². The van der Waals surface area contributed by atoms with Gasteiger partial charge < -0.3 is 9.47 Å². The van der Waals surface area contributed by atoms with E-state index in [2.05, 4.69) is 4.74 Å². The zero-order chi connectivity index (χ0) is 17.0. The maximum absolute atomic E-state index is 12.3. The first-order chi connectivity index (χ1) is 10.8. The number of thioether (sulfide) groups is 1. The minimum atomic E-state index is -0.489. The molecule has 0 saturated carbocycles. The Bertz CT molecular complexity index is 565. The molecule has 1 aliphatic heterocycles. The molecule has 1 amide bonds. The first-order valence-electron chi connectivity index (χ1n) is 7.65. The summed E-state index contributed by atoms with van der Waals surface area (Å²) in [4.78, 5) is 26.5. The van der Waals surface area contributed by atoms with E-state index in [0.717, 1.165) is 17.7 Å². The molecule has 0 N–H and O–H groups in total. The fraction of sp³-hybridized carbons (Fsp3) is 0.529. The largest absolute Gasteiger partial charge is 0.465 e. The Morgan fingerprint density at radius 2 is 1.87 bits per heavy atom. The van der Waals surface area contributed by atoms with E-state index in [1.165, 1.54) is 7.11 Å². The van der Waals surface area contributed by atoms with Crippen molar-refractivity contribution in [2.45, 2.75) is 49.5 Å². The molecule has 0 bridgehead atoms. The van der Waals surface area contributed by atoms with Gasteiger partial charge in [0.25, 0.3) is 0 Å². The average Bonchev–Trinajstić information content (AvgIpc) is 2.94. The molecular weight excluding hydrogens is 314 g/mol. The molecule has 126 valence electrons. The lowest BCUT2D eigenvalue weighted by atomic mass is 10.2. The van der Waals surface area contributed by atoms with Crippen molar-refractivity contribution >= 4 is 23.8 Å². The monoisotopic (exact) mass is 337 g/mol. The van der Waals surface area contributed by atoms with Crippen molar-refractivity contribution in [3.63, 3.8) is 0 Å².